The molecule has 0 spiro atoms. The first-order chi connectivity index (χ1) is 19.1. The summed E-state index contributed by atoms with van der Waals surface area (Å²) < 4.78 is 56.9. The van der Waals surface area contributed by atoms with Crippen LogP contribution in [0.2, 0.25) is 0 Å². The summed E-state index contributed by atoms with van der Waals surface area (Å²) in [5.74, 6) is -0.385. The van der Waals surface area contributed by atoms with Gasteiger partial charge in [0.1, 0.15) is 29.6 Å². The fourth-order valence-electron chi connectivity index (χ4n) is 4.56. The highest BCUT2D eigenvalue weighted by Gasteiger charge is 2.33. The van der Waals surface area contributed by atoms with Gasteiger partial charge in [-0.3, -0.25) is 0 Å². The van der Waals surface area contributed by atoms with Crippen LogP contribution in [0.1, 0.15) is 47.0 Å². The number of rotatable bonds is 9. The molecule has 0 amide bonds. The second-order valence-electron chi connectivity index (χ2n) is 9.53. The molecule has 0 aliphatic rings. The first-order valence-electron chi connectivity index (χ1n) is 12.5. The molecule has 0 atom stereocenters. The van der Waals surface area contributed by atoms with Gasteiger partial charge in [-0.2, -0.15) is 0 Å². The van der Waals surface area contributed by atoms with Crippen LogP contribution in [-0.4, -0.2) is 27.2 Å². The molecule has 0 radical (unpaired) electrons. The van der Waals surface area contributed by atoms with Crippen molar-refractivity contribution in [1.82, 2.24) is 9.72 Å². The highest BCUT2D eigenvalue weighted by atomic mass is 19.4. The Morgan fingerprint density at radius 2 is 1.85 bits per heavy atom. The molecule has 206 valence electrons. The third-order valence-electron chi connectivity index (χ3n) is 6.36. The number of hydrogen-bond donors (Lipinski definition) is 1. The Morgan fingerprint density at radius 3 is 2.60 bits per heavy atom. The van der Waals surface area contributed by atoms with E-state index in [0.29, 0.717) is 23.6 Å². The number of aromatic carboxylic acids is 1. The SMILES string of the molecule is CC(C)c1onc(-c2ccccc2OC(F)(F)F)c1COc1ccc2c(ccn2Cc2cccc(C(=O)O)c2)c1. The van der Waals surface area contributed by atoms with Crippen LogP contribution in [0.15, 0.2) is 83.5 Å². The van der Waals surface area contributed by atoms with Crippen LogP contribution in [0, 0.1) is 0 Å². The maximum atomic E-state index is 13.0. The average molecular weight is 551 g/mol. The van der Waals surface area contributed by atoms with Crippen molar-refractivity contribution in [3.8, 4) is 22.8 Å². The normalized spacial score (nSPS) is 11.8. The molecule has 2 aromatic heterocycles. The Balaban J connectivity index is 1.39. The van der Waals surface area contributed by atoms with Gasteiger partial charge in [0, 0.05) is 35.1 Å². The molecule has 5 aromatic rings. The fourth-order valence-corrected chi connectivity index (χ4v) is 4.56. The second-order valence-corrected chi connectivity index (χ2v) is 9.53. The van der Waals surface area contributed by atoms with Crippen molar-refractivity contribution in [2.75, 3.05) is 0 Å². The van der Waals surface area contributed by atoms with Crippen LogP contribution in [-0.2, 0) is 13.2 Å². The van der Waals surface area contributed by atoms with E-state index < -0.39 is 12.3 Å². The first kappa shape index (κ1) is 26.9. The molecule has 1 N–H and O–H groups in total. The van der Waals surface area contributed by atoms with E-state index >= 15 is 0 Å². The van der Waals surface area contributed by atoms with Crippen molar-refractivity contribution in [1.29, 1.82) is 0 Å². The van der Waals surface area contributed by atoms with Crippen LogP contribution in [0.5, 0.6) is 11.5 Å². The van der Waals surface area contributed by atoms with Crippen LogP contribution in [0.3, 0.4) is 0 Å². The Hall–Kier alpha value is -4.73. The van der Waals surface area contributed by atoms with E-state index in [1.807, 2.05) is 48.9 Å². The quantitative estimate of drug-likeness (QED) is 0.203. The van der Waals surface area contributed by atoms with Crippen molar-refractivity contribution in [3.63, 3.8) is 0 Å². The minimum absolute atomic E-state index is 0.0148. The van der Waals surface area contributed by atoms with Crippen LogP contribution in [0.4, 0.5) is 13.2 Å². The molecule has 40 heavy (non-hydrogen) atoms. The van der Waals surface area contributed by atoms with Gasteiger partial charge < -0.3 is 23.7 Å². The fraction of sp³-hybridized carbons (Fsp3) is 0.200. The number of halogens is 3. The summed E-state index contributed by atoms with van der Waals surface area (Å²) >= 11 is 0. The minimum atomic E-state index is -4.86. The maximum Gasteiger partial charge on any atom is 0.573 e. The second kappa shape index (κ2) is 10.8. The van der Waals surface area contributed by atoms with Crippen LogP contribution in [0.25, 0.3) is 22.2 Å². The average Bonchev–Trinajstić information content (AvgIpc) is 3.51. The van der Waals surface area contributed by atoms with E-state index in [4.69, 9.17) is 9.26 Å². The molecule has 10 heteroatoms. The van der Waals surface area contributed by atoms with Gasteiger partial charge in [-0.15, -0.1) is 13.2 Å². The Bertz CT molecular complexity index is 1670. The molecule has 3 aromatic carbocycles. The van der Waals surface area contributed by atoms with Crippen molar-refractivity contribution < 1.29 is 37.1 Å². The van der Waals surface area contributed by atoms with Gasteiger partial charge in [0.25, 0.3) is 0 Å². The number of ether oxygens (including phenoxy) is 2. The van der Waals surface area contributed by atoms with E-state index in [0.717, 1.165) is 16.5 Å². The van der Waals surface area contributed by atoms with E-state index in [2.05, 4.69) is 9.89 Å². The lowest BCUT2D eigenvalue weighted by atomic mass is 10.0. The molecule has 0 saturated heterocycles. The summed E-state index contributed by atoms with van der Waals surface area (Å²) in [7, 11) is 0. The van der Waals surface area contributed by atoms with Gasteiger partial charge in [0.15, 0.2) is 0 Å². The van der Waals surface area contributed by atoms with Crippen molar-refractivity contribution in [2.45, 2.75) is 39.3 Å². The van der Waals surface area contributed by atoms with Crippen LogP contribution < -0.4 is 9.47 Å². The lowest BCUT2D eigenvalue weighted by Crippen LogP contribution is -2.17. The summed E-state index contributed by atoms with van der Waals surface area (Å²) in [6, 6.07) is 20.1. The molecule has 0 aliphatic heterocycles. The summed E-state index contributed by atoms with van der Waals surface area (Å²) in [5.41, 5.74) is 2.91. The number of carboxylic acids is 1. The van der Waals surface area contributed by atoms with E-state index in [-0.39, 0.29) is 35.1 Å². The monoisotopic (exact) mass is 550 g/mol. The third-order valence-corrected chi connectivity index (χ3v) is 6.36. The van der Waals surface area contributed by atoms with Gasteiger partial charge in [-0.1, -0.05) is 43.3 Å². The first-order valence-corrected chi connectivity index (χ1v) is 12.5. The molecule has 0 fully saturated rings. The van der Waals surface area contributed by atoms with Gasteiger partial charge in [0.05, 0.1) is 11.1 Å². The Kier molecular flexibility index (Phi) is 7.25. The van der Waals surface area contributed by atoms with Crippen molar-refractivity contribution >= 4 is 16.9 Å². The lowest BCUT2D eigenvalue weighted by molar-refractivity contribution is -0.274. The molecule has 0 unspecified atom stereocenters. The molecular formula is C30H25F3N2O5. The molecule has 5 rings (SSSR count). The molecule has 0 aliphatic carbocycles. The van der Waals surface area contributed by atoms with Gasteiger partial charge in [-0.05, 0) is 54.1 Å². The van der Waals surface area contributed by atoms with Gasteiger partial charge in [-0.25, -0.2) is 4.79 Å². The maximum absolute atomic E-state index is 13.0. The number of nitrogens with zero attached hydrogens (tertiary/aromatic N) is 2. The highest BCUT2D eigenvalue weighted by molar-refractivity contribution is 5.87. The van der Waals surface area contributed by atoms with E-state index in [1.165, 1.54) is 18.2 Å². The van der Waals surface area contributed by atoms with E-state index in [9.17, 15) is 23.1 Å². The summed E-state index contributed by atoms with van der Waals surface area (Å²) in [6.45, 7) is 4.30. The number of hydrogen-bond acceptors (Lipinski definition) is 5. The zero-order valence-electron chi connectivity index (χ0n) is 21.6. The summed E-state index contributed by atoms with van der Waals surface area (Å²) in [5, 5.41) is 14.2. The van der Waals surface area contributed by atoms with Gasteiger partial charge in [0.2, 0.25) is 0 Å². The smallest absolute Gasteiger partial charge is 0.489 e. The highest BCUT2D eigenvalue weighted by Crippen LogP contribution is 2.38. The number of alkyl halides is 3. The van der Waals surface area contributed by atoms with Crippen molar-refractivity contribution in [2.24, 2.45) is 0 Å². The number of aromatic nitrogens is 2. The number of para-hydroxylation sites is 1. The Morgan fingerprint density at radius 1 is 1.05 bits per heavy atom. The summed E-state index contributed by atoms with van der Waals surface area (Å²) in [6.07, 6.45) is -2.95. The summed E-state index contributed by atoms with van der Waals surface area (Å²) in [4.78, 5) is 11.3. The zero-order chi connectivity index (χ0) is 28.4. The van der Waals surface area contributed by atoms with Gasteiger partial charge >= 0.3 is 12.3 Å². The minimum Gasteiger partial charge on any atom is -0.489 e. The van der Waals surface area contributed by atoms with Crippen LogP contribution >= 0.6 is 0 Å². The zero-order valence-corrected chi connectivity index (χ0v) is 21.6. The molecular weight excluding hydrogens is 525 g/mol. The Labute approximate surface area is 227 Å². The number of benzene rings is 3. The molecule has 0 saturated carbocycles. The number of carbonyl (C=O) groups is 1. The lowest BCUT2D eigenvalue weighted by Gasteiger charge is -2.13. The predicted octanol–water partition coefficient (Wildman–Crippen LogP) is 7.64. The van der Waals surface area contributed by atoms with Crippen molar-refractivity contribution in [3.05, 3.63) is 101 Å². The predicted molar refractivity (Wildman–Crippen MR) is 141 cm³/mol. The largest absolute Gasteiger partial charge is 0.573 e. The number of carboxylic acid groups (broad SMARTS) is 1. The number of fused-ring (bicyclic) bond motifs is 1. The topological polar surface area (TPSA) is 86.7 Å². The molecule has 2 heterocycles. The standard InChI is InChI=1S/C30H25F3N2O5/c1-18(2)28-24(27(34-40-28)23-8-3-4-9-26(23)39-30(31,32)33)17-38-22-10-11-25-20(15-22)12-13-35(25)16-19-6-5-7-21(14-19)29(36)37/h3-15,18H,16-17H2,1-2H3,(H,36,37). The molecule has 0 bridgehead atoms. The third kappa shape index (κ3) is 5.80. The molecule has 7 nitrogen and oxygen atoms in total. The van der Waals surface area contributed by atoms with E-state index in [1.54, 1.807) is 30.3 Å².